The molecule has 0 bridgehead atoms. The van der Waals surface area contributed by atoms with Gasteiger partial charge in [-0.05, 0) is 67.3 Å². The molecule has 156 valence electrons. The number of allylic oxidation sites excluding steroid dienone is 4. The van der Waals surface area contributed by atoms with Crippen LogP contribution in [0.15, 0.2) is 46.3 Å². The Balaban J connectivity index is 1.52. The normalized spacial score (nSPS) is 24.9. The van der Waals surface area contributed by atoms with Crippen molar-refractivity contribution in [3.8, 4) is 5.75 Å². The second-order valence-electron chi connectivity index (χ2n) is 7.79. The molecule has 0 aliphatic heterocycles. The lowest BCUT2D eigenvalue weighted by molar-refractivity contribution is -0.118. The van der Waals surface area contributed by atoms with Crippen molar-refractivity contribution in [3.63, 3.8) is 0 Å². The van der Waals surface area contributed by atoms with E-state index in [0.29, 0.717) is 30.4 Å². The SMILES string of the molecule is Cc1ncc(OC[C@@]2(C3C=C(I)C=CC3)C[C@H]2C(=O)Nc2ccc(F)cn2)c(C)n1. The second-order valence-corrected chi connectivity index (χ2v) is 9.04. The molecule has 2 aliphatic carbocycles. The number of hydrogen-bond acceptors (Lipinski definition) is 5. The highest BCUT2D eigenvalue weighted by molar-refractivity contribution is 14.1. The molecule has 4 rings (SSSR count). The summed E-state index contributed by atoms with van der Waals surface area (Å²) in [6, 6.07) is 2.75. The fraction of sp³-hybridized carbons (Fsp3) is 0.364. The molecule has 30 heavy (non-hydrogen) atoms. The molecule has 0 spiro atoms. The number of pyridine rings is 1. The molecule has 3 atom stereocenters. The number of anilines is 1. The fourth-order valence-corrected chi connectivity index (χ4v) is 4.67. The number of nitrogens with zero attached hydrogens (tertiary/aromatic N) is 3. The van der Waals surface area contributed by atoms with Gasteiger partial charge in [0.15, 0.2) is 5.75 Å². The molecule has 1 saturated carbocycles. The van der Waals surface area contributed by atoms with Crippen LogP contribution in [0.3, 0.4) is 0 Å². The van der Waals surface area contributed by atoms with Gasteiger partial charge < -0.3 is 10.1 Å². The third-order valence-electron chi connectivity index (χ3n) is 5.73. The molecule has 2 aromatic rings. The maximum absolute atomic E-state index is 13.1. The van der Waals surface area contributed by atoms with Crippen molar-refractivity contribution in [3.05, 3.63) is 63.7 Å². The van der Waals surface area contributed by atoms with Gasteiger partial charge >= 0.3 is 0 Å². The van der Waals surface area contributed by atoms with Gasteiger partial charge in [-0.15, -0.1) is 0 Å². The van der Waals surface area contributed by atoms with Crippen LogP contribution in [-0.4, -0.2) is 27.5 Å². The predicted molar refractivity (Wildman–Crippen MR) is 120 cm³/mol. The molecular formula is C22H22FIN4O2. The van der Waals surface area contributed by atoms with E-state index in [1.165, 1.54) is 12.1 Å². The molecule has 1 fully saturated rings. The lowest BCUT2D eigenvalue weighted by Crippen LogP contribution is -2.29. The number of amides is 1. The van der Waals surface area contributed by atoms with Crippen molar-refractivity contribution in [2.45, 2.75) is 26.7 Å². The minimum absolute atomic E-state index is 0.118. The third kappa shape index (κ3) is 4.38. The summed E-state index contributed by atoms with van der Waals surface area (Å²) in [6.45, 7) is 4.12. The summed E-state index contributed by atoms with van der Waals surface area (Å²) in [5, 5.41) is 2.82. The molecule has 8 heteroatoms. The zero-order valence-corrected chi connectivity index (χ0v) is 18.9. The van der Waals surface area contributed by atoms with Crippen LogP contribution in [0.25, 0.3) is 0 Å². The van der Waals surface area contributed by atoms with Gasteiger partial charge in [0, 0.05) is 14.9 Å². The Morgan fingerprint density at radius 1 is 1.33 bits per heavy atom. The van der Waals surface area contributed by atoms with E-state index >= 15 is 0 Å². The van der Waals surface area contributed by atoms with E-state index in [0.717, 1.165) is 21.9 Å². The number of aryl methyl sites for hydroxylation is 2. The number of rotatable bonds is 6. The standard InChI is InChI=1S/C22H22FIN4O2/c1-13-19(11-25-14(2)27-13)30-12-22(15-4-3-5-17(24)8-15)9-18(22)21(29)28-20-7-6-16(23)10-26-20/h3,5-8,10-11,15,18H,4,9,12H2,1-2H3,(H,26,28,29)/t15?,18-,22+/m0/s1. The summed E-state index contributed by atoms with van der Waals surface area (Å²) < 4.78 is 20.4. The Kier molecular flexibility index (Phi) is 5.86. The van der Waals surface area contributed by atoms with E-state index < -0.39 is 5.82 Å². The van der Waals surface area contributed by atoms with E-state index in [9.17, 15) is 9.18 Å². The Labute approximate surface area is 188 Å². The van der Waals surface area contributed by atoms with Crippen molar-refractivity contribution in [2.24, 2.45) is 17.3 Å². The smallest absolute Gasteiger partial charge is 0.229 e. The van der Waals surface area contributed by atoms with E-state index in [4.69, 9.17) is 4.74 Å². The Morgan fingerprint density at radius 2 is 2.17 bits per heavy atom. The molecule has 0 aromatic carbocycles. The molecular weight excluding hydrogens is 498 g/mol. The Bertz CT molecular complexity index is 1020. The average Bonchev–Trinajstić information content (AvgIpc) is 3.45. The zero-order chi connectivity index (χ0) is 21.3. The van der Waals surface area contributed by atoms with Gasteiger partial charge in [0.05, 0.1) is 24.7 Å². The monoisotopic (exact) mass is 520 g/mol. The predicted octanol–water partition coefficient (Wildman–Crippen LogP) is 4.55. The van der Waals surface area contributed by atoms with Crippen LogP contribution >= 0.6 is 22.6 Å². The third-order valence-corrected chi connectivity index (χ3v) is 6.45. The van der Waals surface area contributed by atoms with E-state index in [-0.39, 0.29) is 23.2 Å². The van der Waals surface area contributed by atoms with E-state index in [2.05, 4.69) is 61.1 Å². The Morgan fingerprint density at radius 3 is 2.87 bits per heavy atom. The van der Waals surface area contributed by atoms with Gasteiger partial charge in [-0.3, -0.25) is 4.79 Å². The number of hydrogen-bond donors (Lipinski definition) is 1. The number of ether oxygens (including phenoxy) is 1. The first-order chi connectivity index (χ1) is 14.4. The van der Waals surface area contributed by atoms with Gasteiger partial charge in [0.2, 0.25) is 5.91 Å². The van der Waals surface area contributed by atoms with Crippen LogP contribution in [0.4, 0.5) is 10.2 Å². The zero-order valence-electron chi connectivity index (χ0n) is 16.7. The second kappa shape index (κ2) is 8.41. The molecule has 2 aromatic heterocycles. The first kappa shape index (κ1) is 20.9. The van der Waals surface area contributed by atoms with Crippen molar-refractivity contribution >= 4 is 34.3 Å². The maximum atomic E-state index is 13.1. The molecule has 2 heterocycles. The number of carbonyl (C=O) groups excluding carboxylic acids is 1. The molecule has 1 N–H and O–H groups in total. The maximum Gasteiger partial charge on any atom is 0.229 e. The summed E-state index contributed by atoms with van der Waals surface area (Å²) in [4.78, 5) is 25.5. The largest absolute Gasteiger partial charge is 0.489 e. The van der Waals surface area contributed by atoms with E-state index in [1.807, 2.05) is 13.8 Å². The minimum Gasteiger partial charge on any atom is -0.489 e. The van der Waals surface area contributed by atoms with Gasteiger partial charge in [-0.25, -0.2) is 19.3 Å². The number of halogens is 2. The molecule has 1 unspecified atom stereocenters. The van der Waals surface area contributed by atoms with Crippen LogP contribution < -0.4 is 10.1 Å². The lowest BCUT2D eigenvalue weighted by Gasteiger charge is -2.27. The van der Waals surface area contributed by atoms with Crippen molar-refractivity contribution in [1.82, 2.24) is 15.0 Å². The fourth-order valence-electron chi connectivity index (χ4n) is 3.98. The van der Waals surface area contributed by atoms with Crippen LogP contribution in [-0.2, 0) is 4.79 Å². The highest BCUT2D eigenvalue weighted by Crippen LogP contribution is 2.60. The highest BCUT2D eigenvalue weighted by Gasteiger charge is 2.62. The summed E-state index contributed by atoms with van der Waals surface area (Å²) in [5.74, 6) is 1.10. The van der Waals surface area contributed by atoms with E-state index in [1.54, 1.807) is 6.20 Å². The molecule has 2 aliphatic rings. The number of aromatic nitrogens is 3. The topological polar surface area (TPSA) is 77.0 Å². The Hall–Kier alpha value is -2.36. The summed E-state index contributed by atoms with van der Waals surface area (Å²) in [5.41, 5.74) is 0.464. The highest BCUT2D eigenvalue weighted by atomic mass is 127. The van der Waals surface area contributed by atoms with Crippen LogP contribution in [0.2, 0.25) is 0 Å². The first-order valence-corrected chi connectivity index (χ1v) is 10.8. The summed E-state index contributed by atoms with van der Waals surface area (Å²) >= 11 is 2.30. The molecule has 1 amide bonds. The van der Waals surface area contributed by atoms with Gasteiger partial charge in [0.25, 0.3) is 0 Å². The molecule has 0 saturated heterocycles. The van der Waals surface area contributed by atoms with Crippen molar-refractivity contribution in [2.75, 3.05) is 11.9 Å². The van der Waals surface area contributed by atoms with Crippen molar-refractivity contribution < 1.29 is 13.9 Å². The minimum atomic E-state index is -0.438. The lowest BCUT2D eigenvalue weighted by atomic mass is 9.82. The van der Waals surface area contributed by atoms with Crippen LogP contribution in [0, 0.1) is 36.9 Å². The average molecular weight is 520 g/mol. The number of nitrogens with one attached hydrogen (secondary N) is 1. The number of carbonyl (C=O) groups is 1. The van der Waals surface area contributed by atoms with Crippen molar-refractivity contribution in [1.29, 1.82) is 0 Å². The molecule has 0 radical (unpaired) electrons. The summed E-state index contributed by atoms with van der Waals surface area (Å²) in [6.07, 6.45) is 10.8. The van der Waals surface area contributed by atoms with Gasteiger partial charge in [-0.1, -0.05) is 18.2 Å². The van der Waals surface area contributed by atoms with Crippen LogP contribution in [0.1, 0.15) is 24.4 Å². The van der Waals surface area contributed by atoms with Crippen LogP contribution in [0.5, 0.6) is 5.75 Å². The van der Waals surface area contributed by atoms with Gasteiger partial charge in [0.1, 0.15) is 17.5 Å². The first-order valence-electron chi connectivity index (χ1n) is 9.77. The summed E-state index contributed by atoms with van der Waals surface area (Å²) in [7, 11) is 0. The van der Waals surface area contributed by atoms with Gasteiger partial charge in [-0.2, -0.15) is 0 Å². The molecule has 6 nitrogen and oxygen atoms in total. The quantitative estimate of drug-likeness (QED) is 0.566.